The van der Waals surface area contributed by atoms with Crippen LogP contribution in [0.4, 0.5) is 0 Å². The standard InChI is InChI=1S/C10H16O2/c1-4-9-5-8(11)6-10(12-9)7(2)3/h5,7,10H,4,6H2,1-3H3/t10-/m0/s1. The predicted molar refractivity (Wildman–Crippen MR) is 47.7 cm³/mol. The Bertz CT molecular complexity index is 204. The lowest BCUT2D eigenvalue weighted by atomic mass is 9.99. The summed E-state index contributed by atoms with van der Waals surface area (Å²) in [5.74, 6) is 1.46. The molecule has 1 aliphatic heterocycles. The molecule has 1 heterocycles. The van der Waals surface area contributed by atoms with Crippen LogP contribution in [0, 0.1) is 5.92 Å². The lowest BCUT2D eigenvalue weighted by Gasteiger charge is -2.26. The molecule has 0 unspecified atom stereocenters. The van der Waals surface area contributed by atoms with Crippen molar-refractivity contribution >= 4 is 5.78 Å². The van der Waals surface area contributed by atoms with E-state index in [1.54, 1.807) is 6.08 Å². The van der Waals surface area contributed by atoms with E-state index >= 15 is 0 Å². The van der Waals surface area contributed by atoms with Crippen LogP contribution in [-0.4, -0.2) is 11.9 Å². The van der Waals surface area contributed by atoms with Gasteiger partial charge in [-0.05, 0) is 5.92 Å². The van der Waals surface area contributed by atoms with Gasteiger partial charge in [0.25, 0.3) is 0 Å². The first-order valence-electron chi connectivity index (χ1n) is 4.53. The molecule has 0 radical (unpaired) electrons. The van der Waals surface area contributed by atoms with Gasteiger partial charge in [0, 0.05) is 18.9 Å². The molecule has 1 rings (SSSR count). The summed E-state index contributed by atoms with van der Waals surface area (Å²) in [5.41, 5.74) is 0. The maximum atomic E-state index is 11.2. The molecule has 0 aromatic carbocycles. The molecule has 12 heavy (non-hydrogen) atoms. The molecule has 0 saturated heterocycles. The maximum Gasteiger partial charge on any atom is 0.162 e. The highest BCUT2D eigenvalue weighted by Crippen LogP contribution is 2.21. The lowest BCUT2D eigenvalue weighted by Crippen LogP contribution is -2.26. The van der Waals surface area contributed by atoms with Gasteiger partial charge in [-0.2, -0.15) is 0 Å². The van der Waals surface area contributed by atoms with Gasteiger partial charge in [-0.3, -0.25) is 4.79 Å². The second-order valence-electron chi connectivity index (χ2n) is 3.53. The molecule has 0 aromatic heterocycles. The van der Waals surface area contributed by atoms with Crippen molar-refractivity contribution in [3.8, 4) is 0 Å². The minimum absolute atomic E-state index is 0.0949. The summed E-state index contributed by atoms with van der Waals surface area (Å²) < 4.78 is 5.61. The van der Waals surface area contributed by atoms with E-state index in [2.05, 4.69) is 13.8 Å². The smallest absolute Gasteiger partial charge is 0.162 e. The highest BCUT2D eigenvalue weighted by atomic mass is 16.5. The Labute approximate surface area is 73.6 Å². The first-order chi connectivity index (χ1) is 5.63. The van der Waals surface area contributed by atoms with Crippen LogP contribution < -0.4 is 0 Å². The summed E-state index contributed by atoms with van der Waals surface area (Å²) >= 11 is 0. The average Bonchev–Trinajstić information content (AvgIpc) is 2.03. The minimum Gasteiger partial charge on any atom is -0.494 e. The molecule has 0 bridgehead atoms. The van der Waals surface area contributed by atoms with Gasteiger partial charge in [-0.15, -0.1) is 0 Å². The van der Waals surface area contributed by atoms with E-state index in [0.29, 0.717) is 12.3 Å². The number of ether oxygens (including phenoxy) is 1. The van der Waals surface area contributed by atoms with Gasteiger partial charge in [-0.1, -0.05) is 20.8 Å². The van der Waals surface area contributed by atoms with Crippen molar-refractivity contribution in [1.29, 1.82) is 0 Å². The van der Waals surface area contributed by atoms with Crippen LogP contribution in [0.3, 0.4) is 0 Å². The number of rotatable bonds is 2. The van der Waals surface area contributed by atoms with E-state index in [1.165, 1.54) is 0 Å². The van der Waals surface area contributed by atoms with E-state index < -0.39 is 0 Å². The summed E-state index contributed by atoms with van der Waals surface area (Å²) in [7, 11) is 0. The molecule has 2 heteroatoms. The fourth-order valence-electron chi connectivity index (χ4n) is 1.26. The Morgan fingerprint density at radius 3 is 2.83 bits per heavy atom. The Balaban J connectivity index is 2.66. The molecule has 2 nitrogen and oxygen atoms in total. The van der Waals surface area contributed by atoms with Gasteiger partial charge in [0.05, 0.1) is 5.76 Å². The first kappa shape index (κ1) is 9.30. The third-order valence-electron chi connectivity index (χ3n) is 2.12. The minimum atomic E-state index is 0.0949. The monoisotopic (exact) mass is 168 g/mol. The van der Waals surface area contributed by atoms with Crippen molar-refractivity contribution in [2.45, 2.75) is 39.7 Å². The van der Waals surface area contributed by atoms with Gasteiger partial charge >= 0.3 is 0 Å². The number of carbonyl (C=O) groups excluding carboxylic acids is 1. The molecule has 0 saturated carbocycles. The van der Waals surface area contributed by atoms with Crippen molar-refractivity contribution in [3.05, 3.63) is 11.8 Å². The second kappa shape index (κ2) is 3.74. The van der Waals surface area contributed by atoms with Crippen molar-refractivity contribution in [2.75, 3.05) is 0 Å². The number of hydrogen-bond acceptors (Lipinski definition) is 2. The van der Waals surface area contributed by atoms with Crippen LogP contribution in [-0.2, 0) is 9.53 Å². The van der Waals surface area contributed by atoms with Gasteiger partial charge in [-0.25, -0.2) is 0 Å². The molecule has 1 aliphatic rings. The third kappa shape index (κ3) is 2.10. The predicted octanol–water partition coefficient (Wildman–Crippen LogP) is 2.29. The normalized spacial score (nSPS) is 23.8. The number of ketones is 1. The van der Waals surface area contributed by atoms with E-state index in [4.69, 9.17) is 4.74 Å². The Kier molecular flexibility index (Phi) is 2.90. The van der Waals surface area contributed by atoms with Crippen LogP contribution in [0.5, 0.6) is 0 Å². The molecular weight excluding hydrogens is 152 g/mol. The fourth-order valence-corrected chi connectivity index (χ4v) is 1.26. The molecule has 0 aliphatic carbocycles. The largest absolute Gasteiger partial charge is 0.494 e. The summed E-state index contributed by atoms with van der Waals surface area (Å²) in [6, 6.07) is 0. The molecule has 0 fully saturated rings. The Hall–Kier alpha value is -0.790. The number of allylic oxidation sites excluding steroid dienone is 2. The zero-order valence-corrected chi connectivity index (χ0v) is 7.96. The van der Waals surface area contributed by atoms with Crippen LogP contribution >= 0.6 is 0 Å². The van der Waals surface area contributed by atoms with Crippen LogP contribution in [0.1, 0.15) is 33.6 Å². The summed E-state index contributed by atoms with van der Waals surface area (Å²) in [6.07, 6.45) is 3.08. The van der Waals surface area contributed by atoms with Gasteiger partial charge in [0.2, 0.25) is 0 Å². The van der Waals surface area contributed by atoms with Crippen LogP contribution in [0.15, 0.2) is 11.8 Å². The Morgan fingerprint density at radius 1 is 1.67 bits per heavy atom. The quantitative estimate of drug-likeness (QED) is 0.632. The van der Waals surface area contributed by atoms with Crippen molar-refractivity contribution in [3.63, 3.8) is 0 Å². The van der Waals surface area contributed by atoms with E-state index in [1.807, 2.05) is 6.92 Å². The van der Waals surface area contributed by atoms with Gasteiger partial charge in [0.15, 0.2) is 5.78 Å². The number of hydrogen-bond donors (Lipinski definition) is 0. The molecule has 0 amide bonds. The SMILES string of the molecule is CCC1=CC(=O)C[C@@H](C(C)C)O1. The number of carbonyl (C=O) groups is 1. The summed E-state index contributed by atoms with van der Waals surface area (Å²) in [6.45, 7) is 6.16. The lowest BCUT2D eigenvalue weighted by molar-refractivity contribution is -0.119. The molecule has 0 N–H and O–H groups in total. The van der Waals surface area contributed by atoms with Crippen molar-refractivity contribution in [2.24, 2.45) is 5.92 Å². The molecule has 1 atom stereocenters. The first-order valence-corrected chi connectivity index (χ1v) is 4.53. The van der Waals surface area contributed by atoms with Crippen molar-refractivity contribution < 1.29 is 9.53 Å². The van der Waals surface area contributed by atoms with E-state index in [0.717, 1.165) is 12.2 Å². The zero-order valence-electron chi connectivity index (χ0n) is 7.96. The maximum absolute atomic E-state index is 11.2. The fraction of sp³-hybridized carbons (Fsp3) is 0.700. The molecule has 0 spiro atoms. The van der Waals surface area contributed by atoms with E-state index in [-0.39, 0.29) is 11.9 Å². The summed E-state index contributed by atoms with van der Waals surface area (Å²) in [4.78, 5) is 11.2. The average molecular weight is 168 g/mol. The van der Waals surface area contributed by atoms with Gasteiger partial charge < -0.3 is 4.74 Å². The highest BCUT2D eigenvalue weighted by Gasteiger charge is 2.23. The Morgan fingerprint density at radius 2 is 2.33 bits per heavy atom. The molecule has 68 valence electrons. The van der Waals surface area contributed by atoms with Crippen LogP contribution in [0.25, 0.3) is 0 Å². The summed E-state index contributed by atoms with van der Waals surface area (Å²) in [5, 5.41) is 0. The third-order valence-corrected chi connectivity index (χ3v) is 2.12. The van der Waals surface area contributed by atoms with Gasteiger partial charge in [0.1, 0.15) is 6.10 Å². The van der Waals surface area contributed by atoms with E-state index in [9.17, 15) is 4.79 Å². The topological polar surface area (TPSA) is 26.3 Å². The van der Waals surface area contributed by atoms with Crippen LogP contribution in [0.2, 0.25) is 0 Å². The highest BCUT2D eigenvalue weighted by molar-refractivity contribution is 5.91. The second-order valence-corrected chi connectivity index (χ2v) is 3.53. The zero-order chi connectivity index (χ0) is 9.14. The molecule has 0 aromatic rings. The van der Waals surface area contributed by atoms with Crippen molar-refractivity contribution in [1.82, 2.24) is 0 Å². The molecular formula is C10H16O2.